The normalized spacial score (nSPS) is 17.4. The molecule has 2 aromatic rings. The van der Waals surface area contributed by atoms with Gasteiger partial charge in [-0.25, -0.2) is 8.78 Å². The summed E-state index contributed by atoms with van der Waals surface area (Å²) in [6.07, 6.45) is 2.65. The summed E-state index contributed by atoms with van der Waals surface area (Å²) in [6.45, 7) is 0.581. The van der Waals surface area contributed by atoms with Gasteiger partial charge in [0.15, 0.2) is 0 Å². The van der Waals surface area contributed by atoms with Crippen molar-refractivity contribution in [1.29, 1.82) is 0 Å². The van der Waals surface area contributed by atoms with E-state index in [4.69, 9.17) is 4.74 Å². The Labute approximate surface area is 120 Å². The Morgan fingerprint density at radius 3 is 2.90 bits per heavy atom. The number of aromatic nitrogens is 2. The van der Waals surface area contributed by atoms with Gasteiger partial charge in [-0.2, -0.15) is 5.10 Å². The molecule has 1 aromatic carbocycles. The van der Waals surface area contributed by atoms with Crippen LogP contribution in [0.4, 0.5) is 8.78 Å². The lowest BCUT2D eigenvalue weighted by Crippen LogP contribution is -2.27. The van der Waals surface area contributed by atoms with Crippen LogP contribution in [0.1, 0.15) is 12.1 Å². The molecule has 0 radical (unpaired) electrons. The fraction of sp³-hybridized carbons (Fsp3) is 0.333. The van der Waals surface area contributed by atoms with Crippen molar-refractivity contribution < 1.29 is 18.3 Å². The first kappa shape index (κ1) is 13.7. The highest BCUT2D eigenvalue weighted by molar-refractivity contribution is 5.74. The molecule has 0 bridgehead atoms. The lowest BCUT2D eigenvalue weighted by atomic mass is 9.92. The van der Waals surface area contributed by atoms with E-state index in [1.807, 2.05) is 0 Å². The van der Waals surface area contributed by atoms with Gasteiger partial charge in [-0.15, -0.1) is 0 Å². The molecule has 0 fully saturated rings. The van der Waals surface area contributed by atoms with Crippen molar-refractivity contribution in [2.75, 3.05) is 7.11 Å². The number of ether oxygens (including phenoxy) is 1. The second-order valence-electron chi connectivity index (χ2n) is 5.07. The van der Waals surface area contributed by atoms with Crippen molar-refractivity contribution in [3.63, 3.8) is 0 Å². The number of aryl methyl sites for hydroxylation is 1. The minimum absolute atomic E-state index is 0.249. The van der Waals surface area contributed by atoms with Crippen molar-refractivity contribution in [1.82, 2.24) is 9.78 Å². The molecule has 1 aliphatic heterocycles. The Morgan fingerprint density at radius 1 is 1.38 bits per heavy atom. The molecular formula is C15H14F2N2O2. The maximum Gasteiger partial charge on any atom is 0.309 e. The zero-order valence-electron chi connectivity index (χ0n) is 11.5. The fourth-order valence-electron chi connectivity index (χ4n) is 2.73. The SMILES string of the molecule is COC(=O)C1CCn2ncc(-c3ccc(F)cc3F)c2C1. The van der Waals surface area contributed by atoms with Crippen LogP contribution in [0.15, 0.2) is 24.4 Å². The first-order valence-electron chi connectivity index (χ1n) is 6.68. The Hall–Kier alpha value is -2.24. The molecule has 0 saturated carbocycles. The van der Waals surface area contributed by atoms with E-state index in [0.717, 1.165) is 11.8 Å². The molecule has 1 atom stereocenters. The topological polar surface area (TPSA) is 44.1 Å². The zero-order chi connectivity index (χ0) is 15.0. The van der Waals surface area contributed by atoms with Crippen molar-refractivity contribution >= 4 is 5.97 Å². The minimum atomic E-state index is -0.633. The van der Waals surface area contributed by atoms with Crippen molar-refractivity contribution in [2.24, 2.45) is 5.92 Å². The molecular weight excluding hydrogens is 278 g/mol. The van der Waals surface area contributed by atoms with Gasteiger partial charge in [0, 0.05) is 35.9 Å². The monoisotopic (exact) mass is 292 g/mol. The number of benzene rings is 1. The number of methoxy groups -OCH3 is 1. The Balaban J connectivity index is 2.00. The summed E-state index contributed by atoms with van der Waals surface area (Å²) in [7, 11) is 1.36. The van der Waals surface area contributed by atoms with E-state index in [1.165, 1.54) is 19.2 Å². The number of nitrogens with zero attached hydrogens (tertiary/aromatic N) is 2. The van der Waals surface area contributed by atoms with Gasteiger partial charge in [-0.1, -0.05) is 0 Å². The lowest BCUT2D eigenvalue weighted by Gasteiger charge is -2.22. The van der Waals surface area contributed by atoms with Crippen molar-refractivity contribution in [3.05, 3.63) is 41.7 Å². The maximum absolute atomic E-state index is 13.9. The third-order valence-corrected chi connectivity index (χ3v) is 3.83. The predicted molar refractivity (Wildman–Crippen MR) is 71.4 cm³/mol. The van der Waals surface area contributed by atoms with E-state index in [0.29, 0.717) is 30.5 Å². The summed E-state index contributed by atoms with van der Waals surface area (Å²) >= 11 is 0. The Bertz CT molecular complexity index is 697. The largest absolute Gasteiger partial charge is 0.469 e. The number of hydrogen-bond donors (Lipinski definition) is 0. The van der Waals surface area contributed by atoms with Crippen LogP contribution in [0.2, 0.25) is 0 Å². The zero-order valence-corrected chi connectivity index (χ0v) is 11.5. The summed E-state index contributed by atoms with van der Waals surface area (Å²) < 4.78 is 33.5. The van der Waals surface area contributed by atoms with Crippen molar-refractivity contribution in [2.45, 2.75) is 19.4 Å². The van der Waals surface area contributed by atoms with Gasteiger partial charge in [-0.3, -0.25) is 9.48 Å². The highest BCUT2D eigenvalue weighted by Crippen LogP contribution is 2.32. The molecule has 0 spiro atoms. The molecule has 1 unspecified atom stereocenters. The number of halogens is 2. The second kappa shape index (κ2) is 5.27. The van der Waals surface area contributed by atoms with Gasteiger partial charge in [0.05, 0.1) is 19.2 Å². The predicted octanol–water partition coefficient (Wildman–Crippen LogP) is 2.56. The van der Waals surface area contributed by atoms with Crippen LogP contribution in [-0.4, -0.2) is 22.9 Å². The first-order valence-corrected chi connectivity index (χ1v) is 6.68. The van der Waals surface area contributed by atoms with Gasteiger partial charge in [-0.05, 0) is 18.6 Å². The van der Waals surface area contributed by atoms with E-state index >= 15 is 0 Å². The lowest BCUT2D eigenvalue weighted by molar-refractivity contribution is -0.146. The van der Waals surface area contributed by atoms with Crippen LogP contribution in [0.5, 0.6) is 0 Å². The highest BCUT2D eigenvalue weighted by atomic mass is 19.1. The van der Waals surface area contributed by atoms with Crippen molar-refractivity contribution in [3.8, 4) is 11.1 Å². The van der Waals surface area contributed by atoms with E-state index in [1.54, 1.807) is 10.9 Å². The molecule has 110 valence electrons. The van der Waals surface area contributed by atoms with E-state index in [-0.39, 0.29) is 11.9 Å². The fourth-order valence-corrected chi connectivity index (χ4v) is 2.73. The van der Waals surface area contributed by atoms with Crippen LogP contribution in [-0.2, 0) is 22.5 Å². The molecule has 3 rings (SSSR count). The average molecular weight is 292 g/mol. The molecule has 2 heterocycles. The minimum Gasteiger partial charge on any atom is -0.469 e. The molecule has 1 aliphatic rings. The molecule has 0 aliphatic carbocycles. The number of rotatable bonds is 2. The number of fused-ring (bicyclic) bond motifs is 1. The van der Waals surface area contributed by atoms with Gasteiger partial charge in [0.2, 0.25) is 0 Å². The van der Waals surface area contributed by atoms with E-state index < -0.39 is 11.6 Å². The Morgan fingerprint density at radius 2 is 2.19 bits per heavy atom. The third kappa shape index (κ3) is 2.41. The van der Waals surface area contributed by atoms with Gasteiger partial charge in [0.1, 0.15) is 11.6 Å². The standard InChI is InChI=1S/C15H14F2N2O2/c1-21-15(20)9-4-5-19-14(6-9)12(8-18-19)11-3-2-10(16)7-13(11)17/h2-3,7-9H,4-6H2,1H3. The summed E-state index contributed by atoms with van der Waals surface area (Å²) in [6, 6.07) is 3.45. The number of hydrogen-bond acceptors (Lipinski definition) is 3. The van der Waals surface area contributed by atoms with Crippen LogP contribution < -0.4 is 0 Å². The molecule has 21 heavy (non-hydrogen) atoms. The summed E-state index contributed by atoms with van der Waals surface area (Å²) in [5, 5.41) is 4.22. The third-order valence-electron chi connectivity index (χ3n) is 3.83. The molecule has 0 saturated heterocycles. The molecule has 4 nitrogen and oxygen atoms in total. The maximum atomic E-state index is 13.9. The van der Waals surface area contributed by atoms with Crippen LogP contribution in [0.25, 0.3) is 11.1 Å². The number of carbonyl (C=O) groups excluding carboxylic acids is 1. The molecule has 0 N–H and O–H groups in total. The Kier molecular flexibility index (Phi) is 3.45. The van der Waals surface area contributed by atoms with Crippen LogP contribution in [0, 0.1) is 17.6 Å². The summed E-state index contributed by atoms with van der Waals surface area (Å²) in [4.78, 5) is 11.7. The molecule has 0 amide bonds. The quantitative estimate of drug-likeness (QED) is 0.799. The van der Waals surface area contributed by atoms with Gasteiger partial charge >= 0.3 is 5.97 Å². The van der Waals surface area contributed by atoms with E-state index in [9.17, 15) is 13.6 Å². The van der Waals surface area contributed by atoms with E-state index in [2.05, 4.69) is 5.10 Å². The number of esters is 1. The highest BCUT2D eigenvalue weighted by Gasteiger charge is 2.28. The molecule has 1 aromatic heterocycles. The van der Waals surface area contributed by atoms with Crippen LogP contribution >= 0.6 is 0 Å². The number of carbonyl (C=O) groups is 1. The second-order valence-corrected chi connectivity index (χ2v) is 5.07. The van der Waals surface area contributed by atoms with Crippen LogP contribution in [0.3, 0.4) is 0 Å². The van der Waals surface area contributed by atoms with Gasteiger partial charge < -0.3 is 4.74 Å². The van der Waals surface area contributed by atoms with Gasteiger partial charge in [0.25, 0.3) is 0 Å². The first-order chi connectivity index (χ1) is 10.1. The summed E-state index contributed by atoms with van der Waals surface area (Å²) in [5.74, 6) is -1.77. The smallest absolute Gasteiger partial charge is 0.309 e. The average Bonchev–Trinajstić information content (AvgIpc) is 2.89. The molecule has 6 heteroatoms. The summed E-state index contributed by atoms with van der Waals surface area (Å²) in [5.41, 5.74) is 1.67.